The molecule has 0 aliphatic carbocycles. The molecule has 0 unspecified atom stereocenters. The van der Waals surface area contributed by atoms with Crippen molar-refractivity contribution >= 4 is 23.0 Å². The van der Waals surface area contributed by atoms with Crippen molar-refractivity contribution in [3.05, 3.63) is 53.6 Å². The monoisotopic (exact) mass is 269 g/mol. The smallest absolute Gasteiger partial charge is 0.257 e. The van der Waals surface area contributed by atoms with E-state index in [-0.39, 0.29) is 5.91 Å². The third-order valence-corrected chi connectivity index (χ3v) is 3.06. The van der Waals surface area contributed by atoms with Crippen LogP contribution in [0.25, 0.3) is 0 Å². The molecule has 2 aromatic carbocycles. The summed E-state index contributed by atoms with van der Waals surface area (Å²) in [4.78, 5) is 14.3. The fraction of sp³-hybridized carbons (Fsp3) is 0.188. The second-order valence-electron chi connectivity index (χ2n) is 4.99. The van der Waals surface area contributed by atoms with Crippen molar-refractivity contribution in [2.45, 2.75) is 6.92 Å². The fourth-order valence-electron chi connectivity index (χ4n) is 1.96. The lowest BCUT2D eigenvalue weighted by Gasteiger charge is -2.17. The van der Waals surface area contributed by atoms with Crippen LogP contribution < -0.4 is 16.0 Å². The molecular weight excluding hydrogens is 250 g/mol. The first-order valence-electron chi connectivity index (χ1n) is 6.42. The van der Waals surface area contributed by atoms with Gasteiger partial charge in [-0.3, -0.25) is 4.79 Å². The van der Waals surface area contributed by atoms with Gasteiger partial charge in [-0.25, -0.2) is 0 Å². The summed E-state index contributed by atoms with van der Waals surface area (Å²) in [6, 6.07) is 13.0. The summed E-state index contributed by atoms with van der Waals surface area (Å²) in [6.07, 6.45) is 0. The number of nitrogens with one attached hydrogen (secondary N) is 1. The van der Waals surface area contributed by atoms with Crippen LogP contribution in [0.5, 0.6) is 0 Å². The molecule has 0 spiro atoms. The Kier molecular flexibility index (Phi) is 3.94. The van der Waals surface area contributed by atoms with E-state index in [2.05, 4.69) is 5.32 Å². The van der Waals surface area contributed by atoms with Gasteiger partial charge in [0.15, 0.2) is 0 Å². The van der Waals surface area contributed by atoms with Gasteiger partial charge in [0.2, 0.25) is 0 Å². The third kappa shape index (κ3) is 3.09. The van der Waals surface area contributed by atoms with Gasteiger partial charge in [-0.2, -0.15) is 0 Å². The maximum atomic E-state index is 12.4. The lowest BCUT2D eigenvalue weighted by Crippen LogP contribution is -2.18. The van der Waals surface area contributed by atoms with Crippen LogP contribution in [0.1, 0.15) is 15.9 Å². The molecule has 0 aliphatic heterocycles. The molecular formula is C16H19N3O. The van der Waals surface area contributed by atoms with Crippen molar-refractivity contribution in [1.82, 2.24) is 0 Å². The summed E-state index contributed by atoms with van der Waals surface area (Å²) in [7, 11) is 3.79. The van der Waals surface area contributed by atoms with Crippen molar-refractivity contribution in [1.29, 1.82) is 0 Å². The van der Waals surface area contributed by atoms with Crippen LogP contribution in [0.15, 0.2) is 42.5 Å². The van der Waals surface area contributed by atoms with Gasteiger partial charge >= 0.3 is 0 Å². The maximum absolute atomic E-state index is 12.4. The lowest BCUT2D eigenvalue weighted by atomic mass is 10.1. The van der Waals surface area contributed by atoms with Crippen LogP contribution in [0.4, 0.5) is 17.1 Å². The Morgan fingerprint density at radius 3 is 2.35 bits per heavy atom. The van der Waals surface area contributed by atoms with Crippen LogP contribution in [-0.2, 0) is 0 Å². The highest BCUT2D eigenvalue weighted by molar-refractivity contribution is 6.08. The molecule has 3 N–H and O–H groups in total. The lowest BCUT2D eigenvalue weighted by molar-refractivity contribution is 0.102. The van der Waals surface area contributed by atoms with Crippen molar-refractivity contribution < 1.29 is 4.79 Å². The molecule has 0 heterocycles. The summed E-state index contributed by atoms with van der Waals surface area (Å²) < 4.78 is 0. The van der Waals surface area contributed by atoms with Gasteiger partial charge in [-0.1, -0.05) is 17.7 Å². The third-order valence-electron chi connectivity index (χ3n) is 3.06. The van der Waals surface area contributed by atoms with Crippen molar-refractivity contribution in [3.8, 4) is 0 Å². The minimum absolute atomic E-state index is 0.162. The zero-order valence-electron chi connectivity index (χ0n) is 12.0. The molecule has 0 fully saturated rings. The number of aryl methyl sites for hydroxylation is 1. The average Bonchev–Trinajstić information content (AvgIpc) is 2.41. The predicted molar refractivity (Wildman–Crippen MR) is 84.3 cm³/mol. The standard InChI is InChI=1S/C16H19N3O/c1-11-4-7-13(8-5-11)18-16(20)14-10-12(17)6-9-15(14)19(2)3/h4-10H,17H2,1-3H3,(H,18,20). The largest absolute Gasteiger partial charge is 0.399 e. The second kappa shape index (κ2) is 5.65. The molecule has 2 rings (SSSR count). The number of rotatable bonds is 3. The Morgan fingerprint density at radius 1 is 1.10 bits per heavy atom. The SMILES string of the molecule is Cc1ccc(NC(=O)c2cc(N)ccc2N(C)C)cc1. The summed E-state index contributed by atoms with van der Waals surface area (Å²) in [5.74, 6) is -0.162. The first kappa shape index (κ1) is 13.9. The summed E-state index contributed by atoms with van der Waals surface area (Å²) in [5.41, 5.74) is 9.68. The predicted octanol–water partition coefficient (Wildman–Crippen LogP) is 2.90. The maximum Gasteiger partial charge on any atom is 0.257 e. The molecule has 0 radical (unpaired) electrons. The van der Waals surface area contributed by atoms with E-state index in [0.717, 1.165) is 16.9 Å². The zero-order valence-corrected chi connectivity index (χ0v) is 12.0. The fourth-order valence-corrected chi connectivity index (χ4v) is 1.96. The number of nitrogen functional groups attached to an aromatic ring is 1. The number of amides is 1. The highest BCUT2D eigenvalue weighted by atomic mass is 16.1. The number of hydrogen-bond donors (Lipinski definition) is 2. The number of carbonyl (C=O) groups excluding carboxylic acids is 1. The topological polar surface area (TPSA) is 58.4 Å². The Hall–Kier alpha value is -2.49. The van der Waals surface area contributed by atoms with E-state index in [4.69, 9.17) is 5.73 Å². The molecule has 1 amide bonds. The number of nitrogens with zero attached hydrogens (tertiary/aromatic N) is 1. The molecule has 0 aromatic heterocycles. The first-order chi connectivity index (χ1) is 9.47. The molecule has 20 heavy (non-hydrogen) atoms. The quantitative estimate of drug-likeness (QED) is 0.842. The Morgan fingerprint density at radius 2 is 1.75 bits per heavy atom. The van der Waals surface area contributed by atoms with Gasteiger partial charge in [-0.05, 0) is 37.3 Å². The molecule has 2 aromatic rings. The van der Waals surface area contributed by atoms with E-state index in [1.54, 1.807) is 12.1 Å². The van der Waals surface area contributed by atoms with Gasteiger partial charge in [0.05, 0.1) is 5.56 Å². The molecule has 0 aliphatic rings. The number of anilines is 3. The minimum Gasteiger partial charge on any atom is -0.399 e. The molecule has 4 heteroatoms. The molecule has 104 valence electrons. The van der Waals surface area contributed by atoms with Crippen molar-refractivity contribution in [2.75, 3.05) is 30.0 Å². The van der Waals surface area contributed by atoms with E-state index < -0.39 is 0 Å². The normalized spacial score (nSPS) is 10.2. The summed E-state index contributed by atoms with van der Waals surface area (Å²) in [6.45, 7) is 2.01. The summed E-state index contributed by atoms with van der Waals surface area (Å²) in [5, 5.41) is 2.89. The van der Waals surface area contributed by atoms with Crippen LogP contribution in [0, 0.1) is 6.92 Å². The number of benzene rings is 2. The van der Waals surface area contributed by atoms with E-state index in [1.165, 1.54) is 0 Å². The Labute approximate surface area is 119 Å². The zero-order chi connectivity index (χ0) is 14.7. The second-order valence-corrected chi connectivity index (χ2v) is 4.99. The highest BCUT2D eigenvalue weighted by Crippen LogP contribution is 2.22. The minimum atomic E-state index is -0.162. The van der Waals surface area contributed by atoms with Crippen molar-refractivity contribution in [3.63, 3.8) is 0 Å². The Bertz CT molecular complexity index is 618. The van der Waals surface area contributed by atoms with Gasteiger partial charge in [0.1, 0.15) is 0 Å². The van der Waals surface area contributed by atoms with E-state index >= 15 is 0 Å². The van der Waals surface area contributed by atoms with E-state index in [1.807, 2.05) is 56.3 Å². The molecule has 0 saturated carbocycles. The molecule has 0 bridgehead atoms. The highest BCUT2D eigenvalue weighted by Gasteiger charge is 2.13. The van der Waals surface area contributed by atoms with Gasteiger partial charge in [0, 0.05) is 31.2 Å². The molecule has 0 saturated heterocycles. The van der Waals surface area contributed by atoms with Gasteiger partial charge in [0.25, 0.3) is 5.91 Å². The molecule has 0 atom stereocenters. The van der Waals surface area contributed by atoms with Crippen LogP contribution in [-0.4, -0.2) is 20.0 Å². The van der Waals surface area contributed by atoms with Crippen LogP contribution in [0.2, 0.25) is 0 Å². The average molecular weight is 269 g/mol. The first-order valence-corrected chi connectivity index (χ1v) is 6.42. The number of hydrogen-bond acceptors (Lipinski definition) is 3. The van der Waals surface area contributed by atoms with Crippen LogP contribution >= 0.6 is 0 Å². The van der Waals surface area contributed by atoms with Gasteiger partial charge in [-0.15, -0.1) is 0 Å². The molecule has 4 nitrogen and oxygen atoms in total. The van der Waals surface area contributed by atoms with E-state index in [0.29, 0.717) is 11.3 Å². The number of nitrogens with two attached hydrogens (primary N) is 1. The van der Waals surface area contributed by atoms with E-state index in [9.17, 15) is 4.79 Å². The van der Waals surface area contributed by atoms with Gasteiger partial charge < -0.3 is 16.0 Å². The summed E-state index contributed by atoms with van der Waals surface area (Å²) >= 11 is 0. The Balaban J connectivity index is 2.28. The van der Waals surface area contributed by atoms with Crippen LogP contribution in [0.3, 0.4) is 0 Å². The number of carbonyl (C=O) groups is 1. The van der Waals surface area contributed by atoms with Crippen molar-refractivity contribution in [2.24, 2.45) is 0 Å².